The van der Waals surface area contributed by atoms with Crippen LogP contribution in [-0.2, 0) is 9.59 Å². The van der Waals surface area contributed by atoms with E-state index >= 15 is 0 Å². The van der Waals surface area contributed by atoms with E-state index in [1.54, 1.807) is 0 Å². The normalized spacial score (nSPS) is 13.5. The Morgan fingerprint density at radius 2 is 2.21 bits per heavy atom. The zero-order valence-electron chi connectivity index (χ0n) is 7.29. The summed E-state index contributed by atoms with van der Waals surface area (Å²) in [5.74, 6) is -1.37. The first-order valence-corrected chi connectivity index (χ1v) is 5.36. The molecule has 0 fully saturated rings. The van der Waals surface area contributed by atoms with Crippen LogP contribution in [0.25, 0.3) is 0 Å². The summed E-state index contributed by atoms with van der Waals surface area (Å²) in [5.41, 5.74) is 1.14. The minimum Gasteiger partial charge on any atom is -0.480 e. The Kier molecular flexibility index (Phi) is 6.78. The number of hydrogen-bond acceptors (Lipinski definition) is 3. The summed E-state index contributed by atoms with van der Waals surface area (Å²) in [5, 5.41) is 11.0. The maximum absolute atomic E-state index is 10.6. The summed E-state index contributed by atoms with van der Waals surface area (Å²) >= 11 is 11.9. The summed E-state index contributed by atoms with van der Waals surface area (Å²) in [7, 11) is 0. The van der Waals surface area contributed by atoms with Gasteiger partial charge in [0.2, 0.25) is 5.91 Å². The maximum atomic E-state index is 10.6. The highest BCUT2D eigenvalue weighted by molar-refractivity contribution is 8.04. The smallest absolute Gasteiger partial charge is 0.327 e. The molecule has 0 saturated carbocycles. The lowest BCUT2D eigenvalue weighted by atomic mass is 10.3. The lowest BCUT2D eigenvalue weighted by Gasteiger charge is -2.11. The highest BCUT2D eigenvalue weighted by Gasteiger charge is 2.18. The van der Waals surface area contributed by atoms with Gasteiger partial charge in [-0.3, -0.25) is 4.79 Å². The molecule has 0 spiro atoms. The Bertz CT molecular complexity index is 257. The molecule has 0 aliphatic carbocycles. The van der Waals surface area contributed by atoms with E-state index in [0.29, 0.717) is 0 Å². The molecule has 0 rings (SSSR count). The second-order valence-electron chi connectivity index (χ2n) is 2.32. The molecule has 0 unspecified atom stereocenters. The van der Waals surface area contributed by atoms with Gasteiger partial charge < -0.3 is 10.4 Å². The fourth-order valence-corrected chi connectivity index (χ4v) is 1.61. The van der Waals surface area contributed by atoms with Crippen LogP contribution in [0.2, 0.25) is 0 Å². The maximum Gasteiger partial charge on any atom is 0.327 e. The van der Waals surface area contributed by atoms with Crippen molar-refractivity contribution in [1.29, 1.82) is 0 Å². The second kappa shape index (κ2) is 6.98. The molecule has 0 aromatic heterocycles. The van der Waals surface area contributed by atoms with Crippen LogP contribution in [0.3, 0.4) is 0 Å². The number of rotatable bonds is 5. The van der Waals surface area contributed by atoms with Gasteiger partial charge >= 0.3 is 5.97 Å². The molecule has 7 heteroatoms. The van der Waals surface area contributed by atoms with Crippen molar-refractivity contribution in [3.05, 3.63) is 9.90 Å². The third-order valence-electron chi connectivity index (χ3n) is 1.15. The van der Waals surface area contributed by atoms with E-state index in [1.165, 1.54) is 6.92 Å². The molecule has 0 bridgehead atoms. The molecule has 1 atom stereocenters. The van der Waals surface area contributed by atoms with Gasteiger partial charge in [-0.05, 0) is 0 Å². The number of thioether (sulfide) groups is 1. The van der Waals surface area contributed by atoms with Gasteiger partial charge in [0.1, 0.15) is 6.04 Å². The Labute approximate surface area is 95.6 Å². The minimum absolute atomic E-state index is 0.136. The number of carbonyl (C=O) groups is 2. The second-order valence-corrected chi connectivity index (χ2v) is 4.23. The largest absolute Gasteiger partial charge is 0.480 e. The SMILES string of the molecule is CC(=O)N[C@@H](CSC(Cl)=CCl)C(=O)O. The number of amides is 1. The number of hydrogen-bond donors (Lipinski definition) is 2. The first-order chi connectivity index (χ1) is 6.47. The van der Waals surface area contributed by atoms with Crippen molar-refractivity contribution < 1.29 is 14.7 Å². The molecular weight excluding hydrogens is 249 g/mol. The molecule has 80 valence electrons. The third-order valence-corrected chi connectivity index (χ3v) is 2.94. The van der Waals surface area contributed by atoms with Crippen molar-refractivity contribution in [3.8, 4) is 0 Å². The Balaban J connectivity index is 4.11. The topological polar surface area (TPSA) is 66.4 Å². The van der Waals surface area contributed by atoms with Crippen molar-refractivity contribution in [1.82, 2.24) is 5.32 Å². The number of carbonyl (C=O) groups excluding carboxylic acids is 1. The molecule has 0 heterocycles. The van der Waals surface area contributed by atoms with Gasteiger partial charge in [-0.1, -0.05) is 23.2 Å². The van der Waals surface area contributed by atoms with Gasteiger partial charge in [-0.2, -0.15) is 0 Å². The molecule has 0 aliphatic rings. The Hall–Kier alpha value is -0.390. The fraction of sp³-hybridized carbons (Fsp3) is 0.429. The van der Waals surface area contributed by atoms with Crippen LogP contribution in [0.1, 0.15) is 6.92 Å². The van der Waals surface area contributed by atoms with Crippen LogP contribution < -0.4 is 5.32 Å². The number of carboxylic acids is 1. The van der Waals surface area contributed by atoms with Crippen molar-refractivity contribution in [2.45, 2.75) is 13.0 Å². The molecule has 0 aliphatic heterocycles. The number of halogens is 2. The molecule has 0 aromatic carbocycles. The van der Waals surface area contributed by atoms with Crippen molar-refractivity contribution >= 4 is 46.8 Å². The molecule has 0 aromatic rings. The Morgan fingerprint density at radius 3 is 2.57 bits per heavy atom. The molecule has 4 nitrogen and oxygen atoms in total. The van der Waals surface area contributed by atoms with E-state index in [4.69, 9.17) is 28.3 Å². The van der Waals surface area contributed by atoms with Crippen molar-refractivity contribution in [3.63, 3.8) is 0 Å². The van der Waals surface area contributed by atoms with E-state index in [9.17, 15) is 9.59 Å². The summed E-state index contributed by atoms with van der Waals surface area (Å²) < 4.78 is 0.281. The van der Waals surface area contributed by atoms with Crippen molar-refractivity contribution in [2.75, 3.05) is 5.75 Å². The average molecular weight is 258 g/mol. The quantitative estimate of drug-likeness (QED) is 0.785. The van der Waals surface area contributed by atoms with Crippen molar-refractivity contribution in [2.24, 2.45) is 0 Å². The monoisotopic (exact) mass is 257 g/mol. The van der Waals surface area contributed by atoms with Gasteiger partial charge in [-0.15, -0.1) is 11.8 Å². The van der Waals surface area contributed by atoms with Crippen LogP contribution in [0.15, 0.2) is 9.90 Å². The zero-order valence-corrected chi connectivity index (χ0v) is 9.62. The van der Waals surface area contributed by atoms with E-state index in [-0.39, 0.29) is 10.1 Å². The molecular formula is C7H9Cl2NO3S. The predicted octanol–water partition coefficient (Wildman–Crippen LogP) is 1.59. The zero-order chi connectivity index (χ0) is 11.1. The number of carboxylic acid groups (broad SMARTS) is 1. The lowest BCUT2D eigenvalue weighted by Crippen LogP contribution is -2.41. The summed E-state index contributed by atoms with van der Waals surface area (Å²) in [6.45, 7) is 1.25. The average Bonchev–Trinajstić information content (AvgIpc) is 2.10. The molecule has 0 saturated heterocycles. The van der Waals surface area contributed by atoms with Gasteiger partial charge in [0.25, 0.3) is 0 Å². The van der Waals surface area contributed by atoms with Crippen LogP contribution >= 0.6 is 35.0 Å². The van der Waals surface area contributed by atoms with E-state index in [0.717, 1.165) is 17.3 Å². The number of nitrogens with one attached hydrogen (secondary N) is 1. The van der Waals surface area contributed by atoms with Gasteiger partial charge in [0.15, 0.2) is 0 Å². The Morgan fingerprint density at radius 1 is 1.64 bits per heavy atom. The standard InChI is InChI=1S/C7H9Cl2NO3S/c1-4(11)10-5(7(12)13)3-14-6(9)2-8/h2,5H,3H2,1H3,(H,10,11)(H,12,13)/t5-/m0/s1. The van der Waals surface area contributed by atoms with Crippen LogP contribution in [0.4, 0.5) is 0 Å². The summed E-state index contributed by atoms with van der Waals surface area (Å²) in [6.07, 6.45) is 0. The van der Waals surface area contributed by atoms with Gasteiger partial charge in [0, 0.05) is 18.2 Å². The van der Waals surface area contributed by atoms with Crippen LogP contribution in [0.5, 0.6) is 0 Å². The van der Waals surface area contributed by atoms with E-state index < -0.39 is 17.9 Å². The first kappa shape index (κ1) is 13.6. The predicted molar refractivity (Wildman–Crippen MR) is 57.5 cm³/mol. The van der Waals surface area contributed by atoms with E-state index in [2.05, 4.69) is 5.32 Å². The van der Waals surface area contributed by atoms with Crippen LogP contribution in [-0.4, -0.2) is 28.8 Å². The molecule has 14 heavy (non-hydrogen) atoms. The minimum atomic E-state index is -1.10. The third kappa shape index (κ3) is 6.12. The van der Waals surface area contributed by atoms with E-state index in [1.807, 2.05) is 0 Å². The van der Waals surface area contributed by atoms with Gasteiger partial charge in [0.05, 0.1) is 4.36 Å². The molecule has 0 radical (unpaired) electrons. The lowest BCUT2D eigenvalue weighted by molar-refractivity contribution is -0.140. The van der Waals surface area contributed by atoms with Gasteiger partial charge in [-0.25, -0.2) is 4.79 Å². The highest BCUT2D eigenvalue weighted by atomic mass is 35.5. The highest BCUT2D eigenvalue weighted by Crippen LogP contribution is 2.21. The summed E-state index contributed by atoms with van der Waals surface area (Å²) in [4.78, 5) is 21.2. The van der Waals surface area contributed by atoms with Crippen LogP contribution in [0, 0.1) is 0 Å². The number of aliphatic carboxylic acids is 1. The molecule has 1 amide bonds. The molecule has 2 N–H and O–H groups in total. The summed E-state index contributed by atoms with van der Waals surface area (Å²) in [6, 6.07) is -0.956. The first-order valence-electron chi connectivity index (χ1n) is 3.56. The fourth-order valence-electron chi connectivity index (χ4n) is 0.614.